The highest BCUT2D eigenvalue weighted by Crippen LogP contribution is 2.30. The molecule has 0 saturated carbocycles. The Labute approximate surface area is 167 Å². The smallest absolute Gasteiger partial charge is 0.333 e. The van der Waals surface area contributed by atoms with Crippen LogP contribution in [0.3, 0.4) is 0 Å². The molecule has 29 heavy (non-hydrogen) atoms. The van der Waals surface area contributed by atoms with Crippen LogP contribution in [0.4, 0.5) is 4.79 Å². The fraction of sp³-hybridized carbons (Fsp3) is 0.190. The van der Waals surface area contributed by atoms with Crippen LogP contribution in [0, 0.1) is 0 Å². The lowest BCUT2D eigenvalue weighted by Gasteiger charge is -2.29. The van der Waals surface area contributed by atoms with E-state index in [-0.39, 0.29) is 11.6 Å². The third-order valence-electron chi connectivity index (χ3n) is 4.98. The summed E-state index contributed by atoms with van der Waals surface area (Å²) >= 11 is 0. The molecule has 2 aromatic rings. The van der Waals surface area contributed by atoms with Crippen LogP contribution in [0.15, 0.2) is 65.9 Å². The Bertz CT molecular complexity index is 975. The van der Waals surface area contributed by atoms with E-state index in [4.69, 9.17) is 4.74 Å². The zero-order valence-electron chi connectivity index (χ0n) is 16.0. The fourth-order valence-electron chi connectivity index (χ4n) is 3.32. The van der Waals surface area contributed by atoms with Crippen molar-refractivity contribution in [2.45, 2.75) is 12.5 Å². The van der Waals surface area contributed by atoms with Gasteiger partial charge >= 0.3 is 6.03 Å². The number of amides is 4. The van der Waals surface area contributed by atoms with Gasteiger partial charge in [-0.25, -0.2) is 10.2 Å². The van der Waals surface area contributed by atoms with E-state index in [1.165, 1.54) is 14.1 Å². The lowest BCUT2D eigenvalue weighted by molar-refractivity contribution is -0.134. The second-order valence-corrected chi connectivity index (χ2v) is 6.87. The largest absolute Gasteiger partial charge is 0.457 e. The first kappa shape index (κ1) is 18.7. The average Bonchev–Trinajstić information content (AvgIpc) is 3.22. The number of imide groups is 2. The molecule has 148 valence electrons. The van der Waals surface area contributed by atoms with Crippen LogP contribution < -0.4 is 15.6 Å². The molecular weight excluding hydrogens is 372 g/mol. The second kappa shape index (κ2) is 7.40. The zero-order valence-corrected chi connectivity index (χ0v) is 16.0. The first-order chi connectivity index (χ1) is 14.0. The molecule has 0 radical (unpaired) electrons. The van der Waals surface area contributed by atoms with Crippen molar-refractivity contribution >= 4 is 17.8 Å². The van der Waals surface area contributed by atoms with Crippen molar-refractivity contribution in [2.75, 3.05) is 14.1 Å². The minimum Gasteiger partial charge on any atom is -0.457 e. The van der Waals surface area contributed by atoms with Crippen LogP contribution in [0.2, 0.25) is 0 Å². The summed E-state index contributed by atoms with van der Waals surface area (Å²) in [4.78, 5) is 38.7. The summed E-state index contributed by atoms with van der Waals surface area (Å²) in [6.45, 7) is 0. The quantitative estimate of drug-likeness (QED) is 0.615. The van der Waals surface area contributed by atoms with Gasteiger partial charge < -0.3 is 10.2 Å². The van der Waals surface area contributed by atoms with Gasteiger partial charge in [-0.15, -0.1) is 0 Å². The molecule has 2 saturated heterocycles. The summed E-state index contributed by atoms with van der Waals surface area (Å²) in [7, 11) is 2.72. The fourth-order valence-corrected chi connectivity index (χ4v) is 3.32. The van der Waals surface area contributed by atoms with Crippen molar-refractivity contribution in [3.8, 4) is 11.5 Å². The summed E-state index contributed by atoms with van der Waals surface area (Å²) < 4.78 is 5.80. The molecule has 4 amide bonds. The monoisotopic (exact) mass is 392 g/mol. The number of nitrogens with zero attached hydrogens (tertiary/aromatic N) is 2. The summed E-state index contributed by atoms with van der Waals surface area (Å²) in [5, 5.41) is 0. The molecule has 8 heteroatoms. The van der Waals surface area contributed by atoms with Crippen LogP contribution in [0.5, 0.6) is 11.5 Å². The molecule has 2 N–H and O–H groups in total. The Morgan fingerprint density at radius 1 is 0.862 bits per heavy atom. The Hall–Kier alpha value is -3.65. The van der Waals surface area contributed by atoms with E-state index < -0.39 is 17.8 Å². The number of carbonyl (C=O) groups excluding carboxylic acids is 3. The van der Waals surface area contributed by atoms with Crippen LogP contribution in [-0.4, -0.2) is 41.7 Å². The number of barbiturate groups is 1. The predicted octanol–water partition coefficient (Wildman–Crippen LogP) is 2.32. The number of ether oxygens (including phenoxy) is 1. The Morgan fingerprint density at radius 3 is 2.07 bits per heavy atom. The van der Waals surface area contributed by atoms with Gasteiger partial charge in [0.15, 0.2) is 0 Å². The third kappa shape index (κ3) is 3.45. The predicted molar refractivity (Wildman–Crippen MR) is 105 cm³/mol. The lowest BCUT2D eigenvalue weighted by atomic mass is 10.0. The number of benzene rings is 2. The van der Waals surface area contributed by atoms with Gasteiger partial charge in [-0.3, -0.25) is 19.4 Å². The molecule has 8 nitrogen and oxygen atoms in total. The molecule has 1 unspecified atom stereocenters. The highest BCUT2D eigenvalue weighted by Gasteiger charge is 2.41. The number of likely N-dealkylation sites (N-methyl/N-ethyl adjacent to an activating group) is 2. The summed E-state index contributed by atoms with van der Waals surface area (Å²) in [6, 6.07) is 16.3. The molecule has 0 bridgehead atoms. The number of hydrogen-bond donors (Lipinski definition) is 2. The van der Waals surface area contributed by atoms with Gasteiger partial charge in [0.05, 0.1) is 6.04 Å². The van der Waals surface area contributed by atoms with Gasteiger partial charge in [0.1, 0.15) is 17.1 Å². The maximum Gasteiger partial charge on any atom is 0.333 e. The van der Waals surface area contributed by atoms with Crippen LogP contribution in [0.25, 0.3) is 0 Å². The van der Waals surface area contributed by atoms with Gasteiger partial charge in [0, 0.05) is 26.2 Å². The minimum absolute atomic E-state index is 0.0198. The zero-order chi connectivity index (χ0) is 20.5. The van der Waals surface area contributed by atoms with Crippen molar-refractivity contribution in [2.24, 2.45) is 0 Å². The van der Waals surface area contributed by atoms with Gasteiger partial charge in [-0.05, 0) is 29.8 Å². The van der Waals surface area contributed by atoms with E-state index in [2.05, 4.69) is 10.9 Å². The maximum atomic E-state index is 12.5. The van der Waals surface area contributed by atoms with Crippen molar-refractivity contribution in [1.29, 1.82) is 0 Å². The van der Waals surface area contributed by atoms with Gasteiger partial charge in [0.25, 0.3) is 11.8 Å². The van der Waals surface area contributed by atoms with Crippen molar-refractivity contribution in [1.82, 2.24) is 20.7 Å². The van der Waals surface area contributed by atoms with E-state index >= 15 is 0 Å². The first-order valence-electron chi connectivity index (χ1n) is 9.13. The number of hydrazine groups is 1. The van der Waals surface area contributed by atoms with Gasteiger partial charge in [0.2, 0.25) is 0 Å². The van der Waals surface area contributed by atoms with E-state index in [1.54, 1.807) is 0 Å². The molecule has 2 heterocycles. The molecular formula is C21H20N4O4. The van der Waals surface area contributed by atoms with E-state index in [0.29, 0.717) is 17.9 Å². The molecule has 0 aromatic heterocycles. The normalized spacial score (nSPS) is 19.7. The average molecular weight is 392 g/mol. The number of rotatable bonds is 3. The highest BCUT2D eigenvalue weighted by atomic mass is 16.5. The molecule has 2 fully saturated rings. The molecule has 2 aliphatic heterocycles. The minimum atomic E-state index is -0.638. The summed E-state index contributed by atoms with van der Waals surface area (Å²) in [5.41, 5.74) is 7.46. The Balaban J connectivity index is 1.51. The molecule has 0 aliphatic carbocycles. The summed E-state index contributed by atoms with van der Waals surface area (Å²) in [5.74, 6) is 0.262. The van der Waals surface area contributed by atoms with Crippen LogP contribution >= 0.6 is 0 Å². The number of nitrogens with one attached hydrogen (secondary N) is 2. The van der Waals surface area contributed by atoms with Crippen LogP contribution in [0.1, 0.15) is 18.0 Å². The standard InChI is InChI=1S/C21H20N4O4/c1-24-19(26)18(20(27)25(2)21(24)28)17-12-16(22-23-17)13-8-10-15(11-9-13)29-14-6-4-3-5-7-14/h3-11,16,22-23H,12H2,1-2H3. The van der Waals surface area contributed by atoms with E-state index in [1.807, 2.05) is 54.6 Å². The first-order valence-corrected chi connectivity index (χ1v) is 9.13. The lowest BCUT2D eigenvalue weighted by Crippen LogP contribution is -2.53. The highest BCUT2D eigenvalue weighted by molar-refractivity contribution is 6.28. The number of urea groups is 1. The summed E-state index contributed by atoms with van der Waals surface area (Å²) in [6.07, 6.45) is 0.418. The third-order valence-corrected chi connectivity index (χ3v) is 4.98. The molecule has 0 spiro atoms. The van der Waals surface area contributed by atoms with Crippen molar-refractivity contribution in [3.63, 3.8) is 0 Å². The van der Waals surface area contributed by atoms with E-state index in [9.17, 15) is 14.4 Å². The number of hydrogen-bond acceptors (Lipinski definition) is 6. The Kier molecular flexibility index (Phi) is 4.77. The number of para-hydroxylation sites is 1. The Morgan fingerprint density at radius 2 is 1.45 bits per heavy atom. The maximum absolute atomic E-state index is 12.5. The van der Waals surface area contributed by atoms with Gasteiger partial charge in [-0.2, -0.15) is 0 Å². The topological polar surface area (TPSA) is 91.0 Å². The molecule has 2 aromatic carbocycles. The second-order valence-electron chi connectivity index (χ2n) is 6.87. The van der Waals surface area contributed by atoms with Crippen LogP contribution in [-0.2, 0) is 9.59 Å². The molecule has 1 atom stereocenters. The van der Waals surface area contributed by atoms with Crippen molar-refractivity contribution in [3.05, 3.63) is 71.4 Å². The van der Waals surface area contributed by atoms with Crippen molar-refractivity contribution < 1.29 is 19.1 Å². The van der Waals surface area contributed by atoms with Gasteiger partial charge in [-0.1, -0.05) is 30.3 Å². The molecule has 2 aliphatic rings. The molecule has 4 rings (SSSR count). The number of carbonyl (C=O) groups is 3. The van der Waals surface area contributed by atoms with E-state index in [0.717, 1.165) is 21.1 Å². The SMILES string of the molecule is CN1C(=O)C(=C2CC(c3ccc(Oc4ccccc4)cc3)NN2)C(=O)N(C)C1=O.